The van der Waals surface area contributed by atoms with E-state index in [2.05, 4.69) is 42.2 Å². The van der Waals surface area contributed by atoms with E-state index in [4.69, 9.17) is 10.2 Å². The highest BCUT2D eigenvalue weighted by Gasteiger charge is 2.46. The molecule has 2 aromatic heterocycles. The third-order valence-electron chi connectivity index (χ3n) is 6.00. The first-order chi connectivity index (χ1) is 16.4. The molecule has 2 aliphatic rings. The van der Waals surface area contributed by atoms with Crippen LogP contribution in [0.4, 0.5) is 5.13 Å². The second kappa shape index (κ2) is 8.78. The topological polar surface area (TPSA) is 109 Å². The Balaban J connectivity index is 1.56. The minimum absolute atomic E-state index is 0.00101. The molecule has 0 radical (unpaired) electrons. The molecule has 0 fully saturated rings. The normalized spacial score (nSPS) is 19.9. The van der Waals surface area contributed by atoms with Crippen molar-refractivity contribution in [1.82, 2.24) is 10.2 Å². The van der Waals surface area contributed by atoms with Gasteiger partial charge in [-0.2, -0.15) is 5.26 Å². The van der Waals surface area contributed by atoms with Gasteiger partial charge in [0.15, 0.2) is 10.1 Å². The van der Waals surface area contributed by atoms with E-state index in [0.717, 1.165) is 15.8 Å². The highest BCUT2D eigenvalue weighted by atomic mass is 32.2. The molecule has 0 spiro atoms. The Morgan fingerprint density at radius 1 is 1.24 bits per heavy atom. The van der Waals surface area contributed by atoms with E-state index in [0.29, 0.717) is 29.3 Å². The number of benzene rings is 1. The van der Waals surface area contributed by atoms with Crippen molar-refractivity contribution < 1.29 is 9.21 Å². The maximum Gasteiger partial charge on any atom is 0.219 e. The van der Waals surface area contributed by atoms with Gasteiger partial charge in [-0.25, -0.2) is 0 Å². The summed E-state index contributed by atoms with van der Waals surface area (Å²) in [6.45, 7) is 4.13. The molecule has 2 N–H and O–H groups in total. The van der Waals surface area contributed by atoms with Crippen LogP contribution in [0.5, 0.6) is 0 Å². The summed E-state index contributed by atoms with van der Waals surface area (Å²) in [5.74, 6) is 0.959. The van der Waals surface area contributed by atoms with Crippen molar-refractivity contribution in [3.63, 3.8) is 0 Å². The summed E-state index contributed by atoms with van der Waals surface area (Å²) < 4.78 is 6.44. The van der Waals surface area contributed by atoms with Crippen molar-refractivity contribution in [3.05, 3.63) is 82.7 Å². The van der Waals surface area contributed by atoms with Crippen LogP contribution in [0.2, 0.25) is 0 Å². The smallest absolute Gasteiger partial charge is 0.219 e. The Hall–Kier alpha value is -3.35. The van der Waals surface area contributed by atoms with Gasteiger partial charge >= 0.3 is 0 Å². The molecule has 1 aliphatic heterocycles. The van der Waals surface area contributed by atoms with Crippen LogP contribution in [0.1, 0.15) is 43.9 Å². The molecular weight excluding hydrogens is 466 g/mol. The number of carbonyl (C=O) groups is 1. The lowest BCUT2D eigenvalue weighted by Gasteiger charge is -2.42. The molecule has 1 atom stereocenters. The van der Waals surface area contributed by atoms with Crippen molar-refractivity contribution in [3.8, 4) is 6.07 Å². The Morgan fingerprint density at radius 2 is 2.03 bits per heavy atom. The van der Waals surface area contributed by atoms with Gasteiger partial charge in [0.1, 0.15) is 11.6 Å². The number of allylic oxidation sites excluding steroid dienone is 3. The number of hydrogen-bond donors (Lipinski definition) is 1. The molecule has 1 aromatic carbocycles. The van der Waals surface area contributed by atoms with Crippen molar-refractivity contribution in [1.29, 1.82) is 5.26 Å². The summed E-state index contributed by atoms with van der Waals surface area (Å²) in [7, 11) is 0. The standard InChI is InChI=1S/C25H23N5O2S2/c1-25(2)11-17-21(18(31)12-25)20(19-9-6-10-32-19)16(13-26)22(27)30(17)23-28-29-24(34-23)33-14-15-7-4-3-5-8-15/h3-10,20H,11-12,14,27H2,1-2H3. The van der Waals surface area contributed by atoms with Gasteiger partial charge in [-0.05, 0) is 29.5 Å². The van der Waals surface area contributed by atoms with Crippen molar-refractivity contribution in [2.45, 2.75) is 42.7 Å². The minimum Gasteiger partial charge on any atom is -0.468 e. The second-order valence-electron chi connectivity index (χ2n) is 9.12. The highest BCUT2D eigenvalue weighted by molar-refractivity contribution is 8.00. The number of nitrogens with zero attached hydrogens (tertiary/aromatic N) is 4. The Bertz CT molecular complexity index is 1330. The van der Waals surface area contributed by atoms with Gasteiger partial charge in [0.25, 0.3) is 0 Å². The number of nitriles is 1. The molecule has 1 unspecified atom stereocenters. The molecule has 0 amide bonds. The molecular formula is C25H23N5O2S2. The van der Waals surface area contributed by atoms with Crippen LogP contribution in [-0.4, -0.2) is 16.0 Å². The number of rotatable bonds is 5. The zero-order valence-electron chi connectivity index (χ0n) is 18.8. The SMILES string of the molecule is CC1(C)CC(=O)C2=C(C1)N(c1nnc(SCc3ccccc3)s1)C(N)=C(C#N)C2c1ccco1. The number of thioether (sulfide) groups is 1. The van der Waals surface area contributed by atoms with E-state index < -0.39 is 5.92 Å². The predicted octanol–water partition coefficient (Wildman–Crippen LogP) is 5.36. The number of ketones is 1. The summed E-state index contributed by atoms with van der Waals surface area (Å²) in [5, 5.41) is 19.4. The number of hydrogen-bond acceptors (Lipinski definition) is 9. The number of furan rings is 1. The number of nitrogens with two attached hydrogens (primary N) is 1. The zero-order valence-corrected chi connectivity index (χ0v) is 20.4. The van der Waals surface area contributed by atoms with Gasteiger partial charge in [0.2, 0.25) is 5.13 Å². The quantitative estimate of drug-likeness (QED) is 0.477. The maximum atomic E-state index is 13.4. The van der Waals surface area contributed by atoms with E-state index in [-0.39, 0.29) is 22.6 Å². The van der Waals surface area contributed by atoms with Gasteiger partial charge < -0.3 is 10.2 Å². The molecule has 0 bridgehead atoms. The fraction of sp³-hybridized carbons (Fsp3) is 0.280. The van der Waals surface area contributed by atoms with Gasteiger partial charge in [-0.3, -0.25) is 9.69 Å². The van der Waals surface area contributed by atoms with Crippen LogP contribution in [0.15, 0.2) is 80.1 Å². The van der Waals surface area contributed by atoms with Crippen LogP contribution in [-0.2, 0) is 10.5 Å². The van der Waals surface area contributed by atoms with Crippen LogP contribution < -0.4 is 10.6 Å². The number of Topliss-reactive ketones (excluding diaryl/α,β-unsaturated/α-hetero) is 1. The van der Waals surface area contributed by atoms with Crippen molar-refractivity contribution >= 4 is 34.0 Å². The van der Waals surface area contributed by atoms with E-state index in [1.807, 2.05) is 18.2 Å². The first-order valence-electron chi connectivity index (χ1n) is 10.9. The third-order valence-corrected chi connectivity index (χ3v) is 8.11. The van der Waals surface area contributed by atoms with E-state index in [1.54, 1.807) is 35.1 Å². The van der Waals surface area contributed by atoms with E-state index >= 15 is 0 Å². The Kier molecular flexibility index (Phi) is 5.80. The van der Waals surface area contributed by atoms with Crippen LogP contribution in [0, 0.1) is 16.7 Å². The van der Waals surface area contributed by atoms with Crippen LogP contribution in [0.3, 0.4) is 0 Å². The molecule has 1 aliphatic carbocycles. The summed E-state index contributed by atoms with van der Waals surface area (Å²) in [6.07, 6.45) is 2.56. The summed E-state index contributed by atoms with van der Waals surface area (Å²) in [4.78, 5) is 15.2. The predicted molar refractivity (Wildman–Crippen MR) is 132 cm³/mol. The fourth-order valence-electron chi connectivity index (χ4n) is 4.54. The van der Waals surface area contributed by atoms with Crippen LogP contribution >= 0.6 is 23.1 Å². The first-order valence-corrected chi connectivity index (χ1v) is 12.7. The van der Waals surface area contributed by atoms with Gasteiger partial charge in [-0.1, -0.05) is 67.3 Å². The van der Waals surface area contributed by atoms with Crippen molar-refractivity contribution in [2.75, 3.05) is 4.90 Å². The Labute approximate surface area is 206 Å². The van der Waals surface area contributed by atoms with Gasteiger partial charge in [0.05, 0.1) is 23.8 Å². The van der Waals surface area contributed by atoms with Crippen LogP contribution in [0.25, 0.3) is 0 Å². The summed E-state index contributed by atoms with van der Waals surface area (Å²) in [5.41, 5.74) is 9.18. The number of aromatic nitrogens is 2. The molecule has 34 heavy (non-hydrogen) atoms. The molecule has 5 rings (SSSR count). The number of carbonyl (C=O) groups excluding carboxylic acids is 1. The average molecular weight is 490 g/mol. The lowest BCUT2D eigenvalue weighted by atomic mass is 9.69. The van der Waals surface area contributed by atoms with Gasteiger partial charge in [0, 0.05) is 23.4 Å². The first kappa shape index (κ1) is 22.4. The summed E-state index contributed by atoms with van der Waals surface area (Å²) in [6, 6.07) is 15.9. The average Bonchev–Trinajstić information content (AvgIpc) is 3.49. The van der Waals surface area contributed by atoms with E-state index in [9.17, 15) is 10.1 Å². The largest absolute Gasteiger partial charge is 0.468 e. The lowest BCUT2D eigenvalue weighted by molar-refractivity contribution is -0.118. The highest BCUT2D eigenvalue weighted by Crippen LogP contribution is 2.50. The number of anilines is 1. The van der Waals surface area contributed by atoms with Gasteiger partial charge in [-0.15, -0.1) is 10.2 Å². The van der Waals surface area contributed by atoms with Crippen molar-refractivity contribution in [2.24, 2.45) is 11.1 Å². The molecule has 172 valence electrons. The monoisotopic (exact) mass is 489 g/mol. The second-order valence-corrected chi connectivity index (χ2v) is 11.3. The Morgan fingerprint density at radius 3 is 2.74 bits per heavy atom. The molecule has 3 heterocycles. The molecule has 3 aromatic rings. The molecule has 7 nitrogen and oxygen atoms in total. The third kappa shape index (κ3) is 4.04. The minimum atomic E-state index is -0.616. The maximum absolute atomic E-state index is 13.4. The molecule has 0 saturated heterocycles. The fourth-order valence-corrected chi connectivity index (χ4v) is 6.37. The molecule has 0 saturated carbocycles. The zero-order chi connectivity index (χ0) is 23.9. The summed E-state index contributed by atoms with van der Waals surface area (Å²) >= 11 is 3.00. The lowest BCUT2D eigenvalue weighted by Crippen LogP contribution is -2.42. The molecule has 9 heteroatoms. The van der Waals surface area contributed by atoms with E-state index in [1.165, 1.54) is 16.9 Å².